The monoisotopic (exact) mass is 613 g/mol. The lowest BCUT2D eigenvalue weighted by Gasteiger charge is -2.51. The van der Waals surface area contributed by atoms with E-state index in [-0.39, 0.29) is 6.41 Å². The SMILES string of the molecule is CC(=O)N[C@H]1[C@H](O[C@@H]2COC(O)[C@H](O)[C@H]2O)O[C@H](C)[C@H](O)[C@@H]1O[C@]1(C(=O)O)C[C@@H](O)[C@@H](N)[C@@H]([C@H](NC=O)[C@@H](O)CO)O1. The summed E-state index contributed by atoms with van der Waals surface area (Å²) in [7, 11) is 0. The fourth-order valence-corrected chi connectivity index (χ4v) is 5.12. The van der Waals surface area contributed by atoms with E-state index in [1.807, 2.05) is 0 Å². The van der Waals surface area contributed by atoms with Gasteiger partial charge in [-0.25, -0.2) is 4.79 Å². The van der Waals surface area contributed by atoms with Crippen LogP contribution in [0.4, 0.5) is 0 Å². The number of carbonyl (C=O) groups excluding carboxylic acids is 2. The maximum Gasteiger partial charge on any atom is 0.364 e. The maximum atomic E-state index is 12.7. The second kappa shape index (κ2) is 14.1. The predicted octanol–water partition coefficient (Wildman–Crippen LogP) is -6.84. The number of aliphatic hydroxyl groups excluding tert-OH is 7. The van der Waals surface area contributed by atoms with Crippen LogP contribution in [0.15, 0.2) is 0 Å². The molecule has 3 rings (SSSR count). The Hall–Kier alpha value is -2.11. The molecule has 0 aromatic rings. The lowest BCUT2D eigenvalue weighted by atomic mass is 9.87. The number of carboxylic acids is 1. The lowest BCUT2D eigenvalue weighted by Crippen LogP contribution is -2.72. The van der Waals surface area contributed by atoms with Crippen LogP contribution >= 0.6 is 0 Å². The van der Waals surface area contributed by atoms with Gasteiger partial charge in [-0.15, -0.1) is 0 Å². The summed E-state index contributed by atoms with van der Waals surface area (Å²) in [5, 5.41) is 86.3. The van der Waals surface area contributed by atoms with Crippen molar-refractivity contribution in [2.75, 3.05) is 13.2 Å². The summed E-state index contributed by atoms with van der Waals surface area (Å²) in [5.41, 5.74) is 6.01. The van der Waals surface area contributed by atoms with E-state index in [0.29, 0.717) is 0 Å². The van der Waals surface area contributed by atoms with Gasteiger partial charge in [0.15, 0.2) is 12.6 Å². The summed E-state index contributed by atoms with van der Waals surface area (Å²) >= 11 is 0. The molecule has 3 aliphatic rings. The molecule has 19 nitrogen and oxygen atoms in total. The number of nitrogens with one attached hydrogen (secondary N) is 2. The number of aliphatic carboxylic acids is 1. The van der Waals surface area contributed by atoms with Crippen LogP contribution in [0.3, 0.4) is 0 Å². The van der Waals surface area contributed by atoms with E-state index < -0.39 is 123 Å². The van der Waals surface area contributed by atoms with Crippen LogP contribution in [0, 0.1) is 0 Å². The largest absolute Gasteiger partial charge is 0.477 e. The van der Waals surface area contributed by atoms with E-state index in [4.69, 9.17) is 29.4 Å². The molecule has 3 saturated heterocycles. The predicted molar refractivity (Wildman–Crippen MR) is 132 cm³/mol. The van der Waals surface area contributed by atoms with Gasteiger partial charge in [0, 0.05) is 13.3 Å². The normalized spacial score (nSPS) is 44.0. The van der Waals surface area contributed by atoms with Crippen molar-refractivity contribution in [1.82, 2.24) is 10.6 Å². The quantitative estimate of drug-likeness (QED) is 0.0964. The Morgan fingerprint density at radius 2 is 1.83 bits per heavy atom. The number of carbonyl (C=O) groups is 3. The number of hydrogen-bond donors (Lipinski definition) is 11. The van der Waals surface area contributed by atoms with Crippen molar-refractivity contribution in [3.8, 4) is 0 Å². The molecule has 42 heavy (non-hydrogen) atoms. The van der Waals surface area contributed by atoms with Crippen molar-refractivity contribution in [3.05, 3.63) is 0 Å². The van der Waals surface area contributed by atoms with Gasteiger partial charge in [0.2, 0.25) is 12.3 Å². The molecule has 15 atom stereocenters. The highest BCUT2D eigenvalue weighted by Gasteiger charge is 2.59. The highest BCUT2D eigenvalue weighted by atomic mass is 16.7. The van der Waals surface area contributed by atoms with Gasteiger partial charge in [-0.05, 0) is 6.92 Å². The summed E-state index contributed by atoms with van der Waals surface area (Å²) in [6.45, 7) is 1.11. The number of aliphatic hydroxyl groups is 7. The van der Waals surface area contributed by atoms with E-state index in [9.17, 15) is 55.2 Å². The summed E-state index contributed by atoms with van der Waals surface area (Å²) in [5.74, 6) is -5.34. The Morgan fingerprint density at radius 1 is 1.17 bits per heavy atom. The Bertz CT molecular complexity index is 947. The Balaban J connectivity index is 1.98. The fraction of sp³-hybridized carbons (Fsp3) is 0.870. The fourth-order valence-electron chi connectivity index (χ4n) is 5.12. The first-order valence-corrected chi connectivity index (χ1v) is 13.1. The van der Waals surface area contributed by atoms with Crippen LogP contribution in [0.1, 0.15) is 20.3 Å². The number of ether oxygens (including phenoxy) is 5. The zero-order chi connectivity index (χ0) is 31.5. The number of carboxylic acid groups (broad SMARTS) is 1. The smallest absolute Gasteiger partial charge is 0.364 e. The third-order valence-corrected chi connectivity index (χ3v) is 7.44. The second-order valence-electron chi connectivity index (χ2n) is 10.4. The van der Waals surface area contributed by atoms with Crippen molar-refractivity contribution in [3.63, 3.8) is 0 Å². The zero-order valence-electron chi connectivity index (χ0n) is 22.7. The summed E-state index contributed by atoms with van der Waals surface area (Å²) in [4.78, 5) is 36.0. The number of nitrogens with two attached hydrogens (primary N) is 1. The Kier molecular flexibility index (Phi) is 11.6. The van der Waals surface area contributed by atoms with Crippen molar-refractivity contribution < 1.29 is 78.9 Å². The molecule has 242 valence electrons. The molecule has 19 heteroatoms. The first-order valence-electron chi connectivity index (χ1n) is 13.1. The molecule has 0 saturated carbocycles. The van der Waals surface area contributed by atoms with Crippen LogP contribution in [-0.4, -0.2) is 164 Å². The molecule has 0 aromatic heterocycles. The highest BCUT2D eigenvalue weighted by Crippen LogP contribution is 2.37. The van der Waals surface area contributed by atoms with E-state index >= 15 is 0 Å². The van der Waals surface area contributed by atoms with E-state index in [2.05, 4.69) is 10.6 Å². The first kappa shape index (κ1) is 34.4. The zero-order valence-corrected chi connectivity index (χ0v) is 22.7. The molecule has 0 aliphatic carbocycles. The van der Waals surface area contributed by atoms with Crippen molar-refractivity contribution in [1.29, 1.82) is 0 Å². The van der Waals surface area contributed by atoms with Gasteiger partial charge >= 0.3 is 5.97 Å². The Morgan fingerprint density at radius 3 is 2.40 bits per heavy atom. The van der Waals surface area contributed by atoms with Crippen LogP contribution in [0.2, 0.25) is 0 Å². The van der Waals surface area contributed by atoms with Crippen LogP contribution < -0.4 is 16.4 Å². The number of hydrogen-bond acceptors (Lipinski definition) is 16. The minimum atomic E-state index is -2.81. The van der Waals surface area contributed by atoms with Crippen LogP contribution in [0.25, 0.3) is 0 Å². The molecule has 1 unspecified atom stereocenters. The molecule has 3 fully saturated rings. The molecule has 12 N–H and O–H groups in total. The second-order valence-corrected chi connectivity index (χ2v) is 10.4. The Labute approximate surface area is 239 Å². The van der Waals surface area contributed by atoms with Crippen molar-refractivity contribution in [2.24, 2.45) is 5.73 Å². The summed E-state index contributed by atoms with van der Waals surface area (Å²) in [6, 6.07) is -4.42. The van der Waals surface area contributed by atoms with Gasteiger partial charge in [-0.3, -0.25) is 9.59 Å². The van der Waals surface area contributed by atoms with E-state index in [1.165, 1.54) is 6.92 Å². The van der Waals surface area contributed by atoms with Gasteiger partial charge < -0.3 is 80.9 Å². The molecule has 0 aromatic carbocycles. The molecule has 2 amide bonds. The molecule has 3 aliphatic heterocycles. The van der Waals surface area contributed by atoms with Crippen molar-refractivity contribution in [2.45, 2.75) is 112 Å². The topological polar surface area (TPSA) is 309 Å². The molecule has 0 radical (unpaired) electrons. The van der Waals surface area contributed by atoms with Gasteiger partial charge in [0.05, 0.1) is 43.6 Å². The van der Waals surface area contributed by atoms with Gasteiger partial charge in [0.25, 0.3) is 5.79 Å². The van der Waals surface area contributed by atoms with Gasteiger partial charge in [-0.2, -0.15) is 0 Å². The van der Waals surface area contributed by atoms with Crippen LogP contribution in [-0.2, 0) is 38.1 Å². The molecule has 0 bridgehead atoms. The number of rotatable bonds is 11. The minimum Gasteiger partial charge on any atom is -0.477 e. The maximum absolute atomic E-state index is 12.7. The summed E-state index contributed by atoms with van der Waals surface area (Å²) in [6.07, 6.45) is -18.3. The average molecular weight is 614 g/mol. The third-order valence-electron chi connectivity index (χ3n) is 7.44. The number of amides is 2. The lowest BCUT2D eigenvalue weighted by molar-refractivity contribution is -0.357. The van der Waals surface area contributed by atoms with Crippen molar-refractivity contribution >= 4 is 18.3 Å². The molecule has 0 spiro atoms. The van der Waals surface area contributed by atoms with E-state index in [0.717, 1.165) is 6.92 Å². The van der Waals surface area contributed by atoms with Gasteiger partial charge in [0.1, 0.15) is 42.7 Å². The molecule has 3 heterocycles. The minimum absolute atomic E-state index is 0.141. The van der Waals surface area contributed by atoms with Gasteiger partial charge in [-0.1, -0.05) is 0 Å². The first-order chi connectivity index (χ1) is 19.7. The van der Waals surface area contributed by atoms with Crippen LogP contribution in [0.5, 0.6) is 0 Å². The van der Waals surface area contributed by atoms with E-state index in [1.54, 1.807) is 0 Å². The molecular weight excluding hydrogens is 574 g/mol. The molecular formula is C23H39N3O16. The standard InChI is InChI=1S/C23H39N3O16/c1-7-15(32)19(14(26-8(2)29)21(39-7)40-11-5-38-20(35)17(34)16(11)33)42-23(22(36)37)3-9(30)12(24)18(41-23)13(25-6-28)10(31)4-27/h6-7,9-21,27,30-35H,3-5,24H2,1-2H3,(H,25,28)(H,26,29)(H,36,37)/t7-,9-,10+,11-,12-,13-,14-,15+,16+,17-,18+,19-,20?,21+,23+/m1/s1. The highest BCUT2D eigenvalue weighted by molar-refractivity contribution is 5.76. The summed E-state index contributed by atoms with van der Waals surface area (Å²) < 4.78 is 27.9. The average Bonchev–Trinajstić information content (AvgIpc) is 2.93. The third kappa shape index (κ3) is 7.16.